The lowest BCUT2D eigenvalue weighted by Gasteiger charge is -2.23. The van der Waals surface area contributed by atoms with Crippen LogP contribution in [0.15, 0.2) is 48.5 Å². The van der Waals surface area contributed by atoms with Crippen molar-refractivity contribution in [1.29, 1.82) is 0 Å². The molecule has 2 aromatic rings. The Morgan fingerprint density at radius 3 is 2.25 bits per heavy atom. The topological polar surface area (TPSA) is 33.3 Å². The summed E-state index contributed by atoms with van der Waals surface area (Å²) in [5, 5.41) is 7.91. The molecule has 0 aromatic heterocycles. The van der Waals surface area contributed by atoms with Crippen molar-refractivity contribution in [2.45, 2.75) is 26.3 Å². The Kier molecular flexibility index (Phi) is 6.88. The maximum absolute atomic E-state index is 5.91. The number of ether oxygens (including phenoxy) is 1. The second kappa shape index (κ2) is 8.90. The van der Waals surface area contributed by atoms with Gasteiger partial charge in [0.25, 0.3) is 0 Å². The van der Waals surface area contributed by atoms with Crippen molar-refractivity contribution in [1.82, 2.24) is 5.32 Å². The lowest BCUT2D eigenvalue weighted by Crippen LogP contribution is -2.33. The monoisotopic (exact) mass is 362 g/mol. The van der Waals surface area contributed by atoms with Gasteiger partial charge in [0.15, 0.2) is 5.11 Å². The second-order valence-corrected chi connectivity index (χ2v) is 6.91. The van der Waals surface area contributed by atoms with Crippen molar-refractivity contribution in [3.8, 4) is 5.75 Å². The molecule has 0 aliphatic carbocycles. The van der Waals surface area contributed by atoms with E-state index < -0.39 is 0 Å². The van der Waals surface area contributed by atoms with Gasteiger partial charge in [-0.1, -0.05) is 37.6 Å². The summed E-state index contributed by atoms with van der Waals surface area (Å²) in [4.78, 5) is 0. The summed E-state index contributed by atoms with van der Waals surface area (Å²) < 4.78 is 5.23. The minimum absolute atomic E-state index is 0.142. The van der Waals surface area contributed by atoms with E-state index in [1.807, 2.05) is 36.4 Å². The number of methoxy groups -OCH3 is 1. The van der Waals surface area contributed by atoms with E-state index in [0.717, 1.165) is 17.9 Å². The van der Waals surface area contributed by atoms with Crippen LogP contribution in [0.25, 0.3) is 0 Å². The van der Waals surface area contributed by atoms with Crippen LogP contribution >= 0.6 is 23.8 Å². The smallest absolute Gasteiger partial charge is 0.171 e. The zero-order valence-corrected chi connectivity index (χ0v) is 15.7. The number of halogens is 1. The van der Waals surface area contributed by atoms with Crippen LogP contribution in [0.3, 0.4) is 0 Å². The maximum atomic E-state index is 5.91. The SMILES string of the molecule is COc1ccc([C@H](CC(C)C)NC(=S)Nc2ccc(Cl)cc2)cc1. The van der Waals surface area contributed by atoms with Crippen molar-refractivity contribution in [3.05, 3.63) is 59.1 Å². The Morgan fingerprint density at radius 2 is 1.71 bits per heavy atom. The highest BCUT2D eigenvalue weighted by molar-refractivity contribution is 7.80. The molecule has 0 aliphatic heterocycles. The number of hydrogen-bond acceptors (Lipinski definition) is 2. The molecule has 128 valence electrons. The van der Waals surface area contributed by atoms with Crippen molar-refractivity contribution >= 4 is 34.6 Å². The molecule has 0 bridgehead atoms. The zero-order valence-electron chi connectivity index (χ0n) is 14.2. The molecule has 2 aromatic carbocycles. The van der Waals surface area contributed by atoms with E-state index in [2.05, 4.69) is 36.6 Å². The van der Waals surface area contributed by atoms with Gasteiger partial charge in [-0.3, -0.25) is 0 Å². The number of rotatable bonds is 6. The van der Waals surface area contributed by atoms with Crippen molar-refractivity contribution in [2.24, 2.45) is 5.92 Å². The molecule has 0 spiro atoms. The maximum Gasteiger partial charge on any atom is 0.171 e. The summed E-state index contributed by atoms with van der Waals surface area (Å²) in [5.41, 5.74) is 2.10. The van der Waals surface area contributed by atoms with E-state index in [9.17, 15) is 0 Å². The van der Waals surface area contributed by atoms with E-state index in [0.29, 0.717) is 16.1 Å². The fourth-order valence-electron chi connectivity index (χ4n) is 2.44. The molecule has 1 atom stereocenters. The molecule has 24 heavy (non-hydrogen) atoms. The van der Waals surface area contributed by atoms with E-state index in [1.165, 1.54) is 5.56 Å². The molecular weight excluding hydrogens is 340 g/mol. The first-order valence-electron chi connectivity index (χ1n) is 7.95. The van der Waals surface area contributed by atoms with Crippen molar-refractivity contribution in [2.75, 3.05) is 12.4 Å². The van der Waals surface area contributed by atoms with E-state index >= 15 is 0 Å². The van der Waals surface area contributed by atoms with Gasteiger partial charge in [0, 0.05) is 10.7 Å². The Balaban J connectivity index is 2.06. The molecule has 0 radical (unpaired) electrons. The fourth-order valence-corrected chi connectivity index (χ4v) is 2.83. The van der Waals surface area contributed by atoms with Crippen LogP contribution in [-0.4, -0.2) is 12.2 Å². The molecule has 3 nitrogen and oxygen atoms in total. The third kappa shape index (κ3) is 5.69. The van der Waals surface area contributed by atoms with Crippen LogP contribution in [0.5, 0.6) is 5.75 Å². The summed E-state index contributed by atoms with van der Waals surface area (Å²) in [5.74, 6) is 1.40. The Bertz CT molecular complexity index is 656. The van der Waals surface area contributed by atoms with E-state index in [-0.39, 0.29) is 6.04 Å². The summed E-state index contributed by atoms with van der Waals surface area (Å²) in [6.45, 7) is 4.40. The Hall–Kier alpha value is -1.78. The number of nitrogens with one attached hydrogen (secondary N) is 2. The van der Waals surface area contributed by atoms with E-state index in [1.54, 1.807) is 7.11 Å². The highest BCUT2D eigenvalue weighted by atomic mass is 35.5. The van der Waals surface area contributed by atoms with Gasteiger partial charge in [-0.2, -0.15) is 0 Å². The molecule has 2 rings (SSSR count). The first-order chi connectivity index (χ1) is 11.5. The number of anilines is 1. The molecule has 2 N–H and O–H groups in total. The number of hydrogen-bond donors (Lipinski definition) is 2. The molecule has 0 saturated carbocycles. The Labute approximate surface area is 154 Å². The highest BCUT2D eigenvalue weighted by Crippen LogP contribution is 2.24. The van der Waals surface area contributed by atoms with Gasteiger partial charge in [-0.05, 0) is 66.5 Å². The summed E-state index contributed by atoms with van der Waals surface area (Å²) in [6.07, 6.45) is 0.981. The lowest BCUT2D eigenvalue weighted by atomic mass is 9.97. The average Bonchev–Trinajstić information content (AvgIpc) is 2.56. The van der Waals surface area contributed by atoms with Gasteiger partial charge >= 0.3 is 0 Å². The lowest BCUT2D eigenvalue weighted by molar-refractivity contribution is 0.414. The minimum Gasteiger partial charge on any atom is -0.497 e. The third-order valence-corrected chi connectivity index (χ3v) is 4.10. The van der Waals surface area contributed by atoms with Gasteiger partial charge in [0.2, 0.25) is 0 Å². The predicted octanol–water partition coefficient (Wildman–Crippen LogP) is 5.42. The molecular formula is C19H23ClN2OS. The standard InChI is InChI=1S/C19H23ClN2OS/c1-13(2)12-18(14-4-10-17(23-3)11-5-14)22-19(24)21-16-8-6-15(20)7-9-16/h4-11,13,18H,12H2,1-3H3,(H2,21,22,24)/t18-/m0/s1. The minimum atomic E-state index is 0.142. The summed E-state index contributed by atoms with van der Waals surface area (Å²) >= 11 is 11.4. The highest BCUT2D eigenvalue weighted by Gasteiger charge is 2.15. The van der Waals surface area contributed by atoms with Gasteiger partial charge in [-0.25, -0.2) is 0 Å². The first kappa shape index (κ1) is 18.6. The van der Waals surface area contributed by atoms with Crippen LogP contribution in [0, 0.1) is 5.92 Å². The van der Waals surface area contributed by atoms with Crippen LogP contribution in [-0.2, 0) is 0 Å². The molecule has 0 fully saturated rings. The van der Waals surface area contributed by atoms with Gasteiger partial charge in [-0.15, -0.1) is 0 Å². The quantitative estimate of drug-likeness (QED) is 0.672. The van der Waals surface area contributed by atoms with Crippen LogP contribution in [0.1, 0.15) is 31.9 Å². The molecule has 0 amide bonds. The second-order valence-electron chi connectivity index (χ2n) is 6.06. The summed E-state index contributed by atoms with van der Waals surface area (Å²) in [7, 11) is 1.67. The summed E-state index contributed by atoms with van der Waals surface area (Å²) in [6, 6.07) is 15.7. The van der Waals surface area contributed by atoms with Gasteiger partial charge in [0.05, 0.1) is 13.2 Å². The molecule has 0 heterocycles. The van der Waals surface area contributed by atoms with Crippen molar-refractivity contribution < 1.29 is 4.74 Å². The van der Waals surface area contributed by atoms with Crippen LogP contribution in [0.2, 0.25) is 5.02 Å². The third-order valence-electron chi connectivity index (χ3n) is 3.63. The zero-order chi connectivity index (χ0) is 17.5. The largest absolute Gasteiger partial charge is 0.497 e. The van der Waals surface area contributed by atoms with Crippen LogP contribution < -0.4 is 15.4 Å². The number of thiocarbonyl (C=S) groups is 1. The first-order valence-corrected chi connectivity index (χ1v) is 8.73. The van der Waals surface area contributed by atoms with Crippen molar-refractivity contribution in [3.63, 3.8) is 0 Å². The predicted molar refractivity (Wildman–Crippen MR) is 106 cm³/mol. The fraction of sp³-hybridized carbons (Fsp3) is 0.316. The normalized spacial score (nSPS) is 11.9. The average molecular weight is 363 g/mol. The molecule has 0 unspecified atom stereocenters. The molecule has 5 heteroatoms. The Morgan fingerprint density at radius 1 is 1.08 bits per heavy atom. The van der Waals surface area contributed by atoms with Gasteiger partial charge in [0.1, 0.15) is 5.75 Å². The number of benzene rings is 2. The van der Waals surface area contributed by atoms with E-state index in [4.69, 9.17) is 28.6 Å². The molecule has 0 aliphatic rings. The molecule has 0 saturated heterocycles. The van der Waals surface area contributed by atoms with Gasteiger partial charge < -0.3 is 15.4 Å². The van der Waals surface area contributed by atoms with Crippen LogP contribution in [0.4, 0.5) is 5.69 Å².